The summed E-state index contributed by atoms with van der Waals surface area (Å²) in [7, 11) is 0. The lowest BCUT2D eigenvalue weighted by Gasteiger charge is -2.21. The minimum Gasteiger partial charge on any atom is -0.0622 e. The molecule has 0 bridgehead atoms. The lowest BCUT2D eigenvalue weighted by Crippen LogP contribution is -2.14. The van der Waals surface area contributed by atoms with Crippen molar-refractivity contribution < 1.29 is 6.85 Å². The van der Waals surface area contributed by atoms with Gasteiger partial charge in [0, 0.05) is 5.41 Å². The Morgan fingerprint density at radius 1 is 0.404 bits per heavy atom. The summed E-state index contributed by atoms with van der Waals surface area (Å²) in [6.45, 7) is 4.58. The molecule has 0 amide bonds. The molecule has 0 radical (unpaired) electrons. The largest absolute Gasteiger partial charge is 0.0629 e. The molecule has 0 unspecified atom stereocenters. The van der Waals surface area contributed by atoms with Gasteiger partial charge in [0.2, 0.25) is 0 Å². The van der Waals surface area contributed by atoms with Gasteiger partial charge in [0.15, 0.2) is 0 Å². The third-order valence-electron chi connectivity index (χ3n) is 10.5. The van der Waals surface area contributed by atoms with E-state index in [1.54, 1.807) is 0 Å². The summed E-state index contributed by atoms with van der Waals surface area (Å²) in [6, 6.07) is 43.7. The van der Waals surface area contributed by atoms with Gasteiger partial charge in [-0.1, -0.05) is 147 Å². The van der Waals surface area contributed by atoms with Crippen molar-refractivity contribution in [2.24, 2.45) is 0 Å². The zero-order chi connectivity index (χ0) is 35.6. The van der Waals surface area contributed by atoms with Gasteiger partial charge in [0.05, 0.1) is 6.85 Å². The first-order valence-electron chi connectivity index (χ1n) is 18.7. The fourth-order valence-electron chi connectivity index (χ4n) is 8.15. The Balaban J connectivity index is 1.22. The zero-order valence-corrected chi connectivity index (χ0v) is 26.1. The lowest BCUT2D eigenvalue weighted by molar-refractivity contribution is 0.661. The standard InChI is InChI=1S/C47H32/c1-47(2)43-14-7-6-13-39(43)42-27-35-18-17-33(25-36(35)28-44(42)47)34-21-23-38(41(26-34)29-9-4-3-5-10-29)37-22-19-32-16-15-30-11-8-12-31-20-24-40(37)46(32)45(30)31/h3-28H,1-2H3/i3D,4D,5D,9D,10D. The van der Waals surface area contributed by atoms with Crippen LogP contribution in [0, 0.1) is 0 Å². The Kier molecular flexibility index (Phi) is 4.50. The van der Waals surface area contributed by atoms with Crippen LogP contribution in [0.4, 0.5) is 0 Å². The molecule has 10 rings (SSSR count). The molecule has 0 atom stereocenters. The molecule has 0 nitrogen and oxygen atoms in total. The Hall–Kier alpha value is -5.72. The van der Waals surface area contributed by atoms with Gasteiger partial charge < -0.3 is 0 Å². The SMILES string of the molecule is [2H]c1c([2H])c([2H])c(-c2cc(-c3ccc4cc5c(cc4c3)C(C)(C)c3ccccc3-5)ccc2-c2ccc3ccc4cccc5ccc2c3c45)c([2H])c1[2H]. The predicted octanol–water partition coefficient (Wildman–Crippen LogP) is 13.0. The first-order valence-corrected chi connectivity index (χ1v) is 16.2. The third kappa shape index (κ3) is 3.82. The van der Waals surface area contributed by atoms with E-state index in [0.717, 1.165) is 49.2 Å². The summed E-state index contributed by atoms with van der Waals surface area (Å²) >= 11 is 0. The zero-order valence-electron chi connectivity index (χ0n) is 31.1. The summed E-state index contributed by atoms with van der Waals surface area (Å²) in [5.41, 5.74) is 9.58. The smallest absolute Gasteiger partial charge is 0.0622 e. The molecule has 0 spiro atoms. The van der Waals surface area contributed by atoms with E-state index >= 15 is 0 Å². The molecule has 0 aliphatic heterocycles. The van der Waals surface area contributed by atoms with Gasteiger partial charge in [-0.3, -0.25) is 0 Å². The monoisotopic (exact) mass is 601 g/mol. The van der Waals surface area contributed by atoms with Crippen LogP contribution in [0.15, 0.2) is 158 Å². The first kappa shape index (κ1) is 21.9. The van der Waals surface area contributed by atoms with Crippen molar-refractivity contribution in [1.29, 1.82) is 0 Å². The minimum absolute atomic E-state index is 0.118. The molecule has 9 aromatic rings. The average molecular weight is 602 g/mol. The summed E-state index contributed by atoms with van der Waals surface area (Å²) in [6.07, 6.45) is 0. The van der Waals surface area contributed by atoms with Crippen LogP contribution in [0.2, 0.25) is 0 Å². The predicted molar refractivity (Wildman–Crippen MR) is 202 cm³/mol. The van der Waals surface area contributed by atoms with E-state index < -0.39 is 6.04 Å². The fourth-order valence-corrected chi connectivity index (χ4v) is 8.15. The molecule has 9 aromatic carbocycles. The van der Waals surface area contributed by atoms with Gasteiger partial charge in [-0.2, -0.15) is 0 Å². The maximum Gasteiger partial charge on any atom is 0.0629 e. The number of rotatable bonds is 3. The topological polar surface area (TPSA) is 0 Å². The van der Waals surface area contributed by atoms with Gasteiger partial charge in [0.1, 0.15) is 0 Å². The second-order valence-corrected chi connectivity index (χ2v) is 13.4. The van der Waals surface area contributed by atoms with Crippen molar-refractivity contribution >= 4 is 43.1 Å². The van der Waals surface area contributed by atoms with Gasteiger partial charge in [-0.15, -0.1) is 0 Å². The van der Waals surface area contributed by atoms with Crippen molar-refractivity contribution in [1.82, 2.24) is 0 Å². The molecule has 220 valence electrons. The molecule has 0 N–H and O–H groups in total. The van der Waals surface area contributed by atoms with Gasteiger partial charge in [-0.05, 0) is 123 Å². The molecule has 0 aromatic heterocycles. The fraction of sp³-hybridized carbons (Fsp3) is 0.0638. The Bertz CT molecular complexity index is 2950. The Morgan fingerprint density at radius 2 is 1.09 bits per heavy atom. The highest BCUT2D eigenvalue weighted by molar-refractivity contribution is 6.25. The maximum absolute atomic E-state index is 9.04. The van der Waals surface area contributed by atoms with E-state index in [1.165, 1.54) is 38.4 Å². The highest BCUT2D eigenvalue weighted by atomic mass is 14.4. The molecule has 1 aliphatic carbocycles. The number of hydrogen-bond acceptors (Lipinski definition) is 0. The molecule has 1 aliphatic rings. The molecule has 0 heteroatoms. The minimum atomic E-state index is -0.397. The summed E-state index contributed by atoms with van der Waals surface area (Å²) in [5, 5.41) is 9.20. The van der Waals surface area contributed by atoms with Crippen LogP contribution in [0.25, 0.3) is 87.6 Å². The molecule has 0 saturated carbocycles. The van der Waals surface area contributed by atoms with Crippen LogP contribution >= 0.6 is 0 Å². The molecule has 0 saturated heterocycles. The van der Waals surface area contributed by atoms with Gasteiger partial charge in [0.25, 0.3) is 0 Å². The highest BCUT2D eigenvalue weighted by Gasteiger charge is 2.35. The van der Waals surface area contributed by atoms with Crippen molar-refractivity contribution in [3.63, 3.8) is 0 Å². The van der Waals surface area contributed by atoms with Crippen molar-refractivity contribution in [3.05, 3.63) is 169 Å². The molecule has 0 heterocycles. The van der Waals surface area contributed by atoms with Crippen molar-refractivity contribution in [3.8, 4) is 44.5 Å². The van der Waals surface area contributed by atoms with Crippen LogP contribution in [-0.4, -0.2) is 0 Å². The van der Waals surface area contributed by atoms with Gasteiger partial charge >= 0.3 is 0 Å². The summed E-state index contributed by atoms with van der Waals surface area (Å²) in [5.74, 6) is 0. The van der Waals surface area contributed by atoms with E-state index in [9.17, 15) is 0 Å². The Labute approximate surface area is 281 Å². The van der Waals surface area contributed by atoms with E-state index in [0.29, 0.717) is 5.56 Å². The van der Waals surface area contributed by atoms with E-state index in [-0.39, 0.29) is 35.1 Å². The first-order chi connectivity index (χ1) is 25.1. The summed E-state index contributed by atoms with van der Waals surface area (Å²) < 4.78 is 43.6. The Morgan fingerprint density at radius 3 is 1.94 bits per heavy atom. The second kappa shape index (κ2) is 9.64. The lowest BCUT2D eigenvalue weighted by atomic mass is 9.81. The normalized spacial score (nSPS) is 15.0. The van der Waals surface area contributed by atoms with E-state index in [2.05, 4.69) is 135 Å². The van der Waals surface area contributed by atoms with Crippen LogP contribution in [0.3, 0.4) is 0 Å². The van der Waals surface area contributed by atoms with Crippen molar-refractivity contribution in [2.45, 2.75) is 19.3 Å². The maximum atomic E-state index is 9.04. The van der Waals surface area contributed by atoms with Crippen molar-refractivity contribution in [2.75, 3.05) is 0 Å². The second-order valence-electron chi connectivity index (χ2n) is 13.4. The number of benzene rings is 9. The molecule has 0 fully saturated rings. The summed E-state index contributed by atoms with van der Waals surface area (Å²) in [4.78, 5) is 0. The highest BCUT2D eigenvalue weighted by Crippen LogP contribution is 2.50. The van der Waals surface area contributed by atoms with Crippen LogP contribution in [-0.2, 0) is 5.41 Å². The number of fused-ring (bicyclic) bond motifs is 4. The molecular weight excluding hydrogens is 565 g/mol. The molecular formula is C47H32. The van der Waals surface area contributed by atoms with E-state index in [1.807, 2.05) is 6.07 Å². The van der Waals surface area contributed by atoms with E-state index in [4.69, 9.17) is 6.85 Å². The quantitative estimate of drug-likeness (QED) is 0.177. The number of hydrogen-bond donors (Lipinski definition) is 0. The average Bonchev–Trinajstić information content (AvgIpc) is 3.39. The third-order valence-corrected chi connectivity index (χ3v) is 10.5. The molecule has 47 heavy (non-hydrogen) atoms. The van der Waals surface area contributed by atoms with Crippen LogP contribution in [0.1, 0.15) is 31.8 Å². The van der Waals surface area contributed by atoms with Gasteiger partial charge in [-0.25, -0.2) is 0 Å². The van der Waals surface area contributed by atoms with Crippen LogP contribution < -0.4 is 0 Å². The van der Waals surface area contributed by atoms with Crippen LogP contribution in [0.5, 0.6) is 0 Å².